The van der Waals surface area contributed by atoms with Crippen LogP contribution in [0.3, 0.4) is 0 Å². The number of halogens is 2. The van der Waals surface area contributed by atoms with Crippen LogP contribution in [0.1, 0.15) is 84.4 Å². The summed E-state index contributed by atoms with van der Waals surface area (Å²) in [5.41, 5.74) is 2.42. The second-order valence-corrected chi connectivity index (χ2v) is 11.3. The molecule has 0 radical (unpaired) electrons. The average Bonchev–Trinajstić information content (AvgIpc) is 3.25. The standard InChI is InChI=1S/C33H33F2N3O4/c1-20-15-29(41-19-25-26(34)7-6-8-27(25)35)32-37-21(2)31(38(32)18-20)28(39)16-24(13-14-30(40)42-33(3,4)5)23-11-9-22(17-36)10-12-23/h6-12,15,18,24H,13-14,16,19H2,1-5H3. The number of aromatic nitrogens is 2. The Bertz CT molecular complexity index is 1640. The van der Waals surface area contributed by atoms with Gasteiger partial charge in [-0.3, -0.25) is 14.0 Å². The maximum absolute atomic E-state index is 14.2. The van der Waals surface area contributed by atoms with Crippen LogP contribution in [0.2, 0.25) is 0 Å². The Morgan fingerprint density at radius 1 is 1.07 bits per heavy atom. The van der Waals surface area contributed by atoms with E-state index in [2.05, 4.69) is 11.1 Å². The number of nitrogens with zero attached hydrogens (tertiary/aromatic N) is 3. The summed E-state index contributed by atoms with van der Waals surface area (Å²) in [7, 11) is 0. The Morgan fingerprint density at radius 3 is 2.36 bits per heavy atom. The SMILES string of the molecule is Cc1cc(OCc2c(F)cccc2F)c2nc(C)c(C(=O)CC(CCC(=O)OC(C)(C)C)c3ccc(C#N)cc3)n2c1. The summed E-state index contributed by atoms with van der Waals surface area (Å²) < 4.78 is 41.3. The number of esters is 1. The van der Waals surface area contributed by atoms with Crippen LogP contribution in [-0.4, -0.2) is 26.7 Å². The molecule has 0 spiro atoms. The maximum atomic E-state index is 14.2. The first kappa shape index (κ1) is 30.4. The lowest BCUT2D eigenvalue weighted by molar-refractivity contribution is -0.155. The molecule has 0 aliphatic heterocycles. The molecule has 42 heavy (non-hydrogen) atoms. The summed E-state index contributed by atoms with van der Waals surface area (Å²) >= 11 is 0. The molecular weight excluding hydrogens is 540 g/mol. The number of ketones is 1. The van der Waals surface area contributed by atoms with Gasteiger partial charge in [0.1, 0.15) is 29.5 Å². The molecule has 0 saturated heterocycles. The van der Waals surface area contributed by atoms with E-state index in [1.807, 2.05) is 6.92 Å². The van der Waals surface area contributed by atoms with Crippen LogP contribution in [0.5, 0.6) is 5.75 Å². The minimum atomic E-state index is -0.714. The van der Waals surface area contributed by atoms with E-state index in [0.29, 0.717) is 29.0 Å². The Hall–Kier alpha value is -4.58. The highest BCUT2D eigenvalue weighted by atomic mass is 19.1. The first-order valence-electron chi connectivity index (χ1n) is 13.7. The van der Waals surface area contributed by atoms with Gasteiger partial charge in [0.2, 0.25) is 0 Å². The van der Waals surface area contributed by atoms with Crippen molar-refractivity contribution in [3.05, 3.63) is 100 Å². The number of fused-ring (bicyclic) bond motifs is 1. The van der Waals surface area contributed by atoms with Gasteiger partial charge in [-0.2, -0.15) is 5.26 Å². The zero-order valence-electron chi connectivity index (χ0n) is 24.3. The van der Waals surface area contributed by atoms with E-state index in [-0.39, 0.29) is 48.4 Å². The third-order valence-corrected chi connectivity index (χ3v) is 6.76. The fourth-order valence-corrected chi connectivity index (χ4v) is 4.84. The molecule has 2 aromatic carbocycles. The predicted molar refractivity (Wildman–Crippen MR) is 153 cm³/mol. The first-order valence-corrected chi connectivity index (χ1v) is 13.7. The largest absolute Gasteiger partial charge is 0.485 e. The van der Waals surface area contributed by atoms with Crippen molar-refractivity contribution in [3.8, 4) is 11.8 Å². The van der Waals surface area contributed by atoms with Gasteiger partial charge in [0.05, 0.1) is 22.9 Å². The lowest BCUT2D eigenvalue weighted by Crippen LogP contribution is -2.24. The number of rotatable bonds is 10. The Balaban J connectivity index is 1.63. The number of imidazole rings is 1. The fraction of sp³-hybridized carbons (Fsp3) is 0.333. The Kier molecular flexibility index (Phi) is 9.05. The molecule has 1 atom stereocenters. The highest BCUT2D eigenvalue weighted by molar-refractivity contribution is 5.97. The van der Waals surface area contributed by atoms with E-state index in [4.69, 9.17) is 9.47 Å². The fourth-order valence-electron chi connectivity index (χ4n) is 4.84. The summed E-state index contributed by atoms with van der Waals surface area (Å²) in [4.78, 5) is 30.9. The van der Waals surface area contributed by atoms with Gasteiger partial charge in [-0.05, 0) is 88.4 Å². The second kappa shape index (κ2) is 12.5. The second-order valence-electron chi connectivity index (χ2n) is 11.3. The zero-order chi connectivity index (χ0) is 30.6. The minimum absolute atomic E-state index is 0.0773. The van der Waals surface area contributed by atoms with Gasteiger partial charge < -0.3 is 9.47 Å². The van der Waals surface area contributed by atoms with E-state index in [1.54, 1.807) is 68.6 Å². The number of hydrogen-bond donors (Lipinski definition) is 0. The van der Waals surface area contributed by atoms with Crippen molar-refractivity contribution < 1.29 is 27.8 Å². The van der Waals surface area contributed by atoms with Crippen LogP contribution in [0.4, 0.5) is 8.78 Å². The molecule has 0 fully saturated rings. The molecular formula is C33H33F2N3O4. The first-order chi connectivity index (χ1) is 19.9. The molecule has 2 aromatic heterocycles. The summed E-state index contributed by atoms with van der Waals surface area (Å²) in [5, 5.41) is 9.21. The van der Waals surface area contributed by atoms with Gasteiger partial charge in [-0.25, -0.2) is 13.8 Å². The normalized spacial score (nSPS) is 12.1. The van der Waals surface area contributed by atoms with Crippen molar-refractivity contribution in [2.24, 2.45) is 0 Å². The average molecular weight is 574 g/mol. The molecule has 0 saturated carbocycles. The van der Waals surface area contributed by atoms with Crippen LogP contribution < -0.4 is 4.74 Å². The van der Waals surface area contributed by atoms with Crippen LogP contribution in [0, 0.1) is 36.8 Å². The highest BCUT2D eigenvalue weighted by Gasteiger charge is 2.25. The third kappa shape index (κ3) is 7.19. The molecule has 0 aliphatic carbocycles. The molecule has 7 nitrogen and oxygen atoms in total. The number of nitriles is 1. The van der Waals surface area contributed by atoms with Crippen LogP contribution in [0.15, 0.2) is 54.7 Å². The third-order valence-electron chi connectivity index (χ3n) is 6.76. The lowest BCUT2D eigenvalue weighted by atomic mass is 9.88. The number of pyridine rings is 1. The monoisotopic (exact) mass is 573 g/mol. The highest BCUT2D eigenvalue weighted by Crippen LogP contribution is 2.31. The lowest BCUT2D eigenvalue weighted by Gasteiger charge is -2.21. The van der Waals surface area contributed by atoms with E-state index < -0.39 is 17.2 Å². The molecule has 0 amide bonds. The van der Waals surface area contributed by atoms with Crippen molar-refractivity contribution in [3.63, 3.8) is 0 Å². The van der Waals surface area contributed by atoms with E-state index >= 15 is 0 Å². The van der Waals surface area contributed by atoms with Crippen molar-refractivity contribution in [1.29, 1.82) is 5.26 Å². The van der Waals surface area contributed by atoms with Gasteiger partial charge in [0.15, 0.2) is 17.2 Å². The van der Waals surface area contributed by atoms with Crippen LogP contribution >= 0.6 is 0 Å². The predicted octanol–water partition coefficient (Wildman–Crippen LogP) is 7.16. The number of Topliss-reactive ketones (excluding diaryl/α,β-unsaturated/α-hetero) is 1. The zero-order valence-corrected chi connectivity index (χ0v) is 24.3. The van der Waals surface area contributed by atoms with Gasteiger partial charge in [0.25, 0.3) is 0 Å². The Morgan fingerprint density at radius 2 is 1.74 bits per heavy atom. The smallest absolute Gasteiger partial charge is 0.306 e. The molecule has 9 heteroatoms. The maximum Gasteiger partial charge on any atom is 0.306 e. The van der Waals surface area contributed by atoms with Crippen LogP contribution in [-0.2, 0) is 16.1 Å². The van der Waals surface area contributed by atoms with E-state index in [9.17, 15) is 23.6 Å². The van der Waals surface area contributed by atoms with Gasteiger partial charge in [0, 0.05) is 19.0 Å². The quantitative estimate of drug-likeness (QED) is 0.148. The number of hydrogen-bond acceptors (Lipinski definition) is 6. The van der Waals surface area contributed by atoms with Gasteiger partial charge in [-0.15, -0.1) is 0 Å². The summed E-state index contributed by atoms with van der Waals surface area (Å²) in [6.45, 7) is 8.58. The number of aryl methyl sites for hydroxylation is 2. The molecule has 4 aromatic rings. The summed E-state index contributed by atoms with van der Waals surface area (Å²) in [6, 6.07) is 14.4. The molecule has 2 heterocycles. The number of ether oxygens (including phenoxy) is 2. The van der Waals surface area contributed by atoms with Gasteiger partial charge in [-0.1, -0.05) is 18.2 Å². The molecule has 0 bridgehead atoms. The summed E-state index contributed by atoms with van der Waals surface area (Å²) in [6.07, 6.45) is 2.32. The van der Waals surface area contributed by atoms with Crippen molar-refractivity contribution >= 4 is 17.4 Å². The molecule has 218 valence electrons. The Labute approximate surface area is 243 Å². The minimum Gasteiger partial charge on any atom is -0.485 e. The van der Waals surface area contributed by atoms with E-state index in [1.165, 1.54) is 6.07 Å². The molecule has 0 aliphatic rings. The number of carbonyl (C=O) groups excluding carboxylic acids is 2. The van der Waals surface area contributed by atoms with E-state index in [0.717, 1.165) is 23.3 Å². The summed E-state index contributed by atoms with van der Waals surface area (Å²) in [5.74, 6) is -2.03. The molecule has 1 unspecified atom stereocenters. The van der Waals surface area contributed by atoms with Crippen molar-refractivity contribution in [1.82, 2.24) is 9.38 Å². The van der Waals surface area contributed by atoms with Crippen molar-refractivity contribution in [2.75, 3.05) is 0 Å². The number of carbonyl (C=O) groups is 2. The van der Waals surface area contributed by atoms with Crippen LogP contribution in [0.25, 0.3) is 5.65 Å². The number of benzene rings is 2. The van der Waals surface area contributed by atoms with Gasteiger partial charge >= 0.3 is 5.97 Å². The van der Waals surface area contributed by atoms with Crippen molar-refractivity contribution in [2.45, 2.75) is 72.0 Å². The molecule has 0 N–H and O–H groups in total. The topological polar surface area (TPSA) is 93.7 Å². The molecule has 4 rings (SSSR count).